The summed E-state index contributed by atoms with van der Waals surface area (Å²) < 4.78 is 5.38. The number of rotatable bonds is 8. The van der Waals surface area contributed by atoms with Crippen molar-refractivity contribution in [2.75, 3.05) is 0 Å². The van der Waals surface area contributed by atoms with E-state index in [0.29, 0.717) is 6.42 Å². The quantitative estimate of drug-likeness (QED) is 0.510. The molecule has 0 amide bonds. The van der Waals surface area contributed by atoms with E-state index >= 15 is 0 Å². The first-order chi connectivity index (χ1) is 8.72. The normalized spacial score (nSPS) is 12.1. The largest absolute Gasteiger partial charge is 0.463 e. The second kappa shape index (κ2) is 8.73. The molecule has 0 bridgehead atoms. The number of benzene rings is 1. The van der Waals surface area contributed by atoms with Gasteiger partial charge in [0.1, 0.15) is 0 Å². The molecule has 1 aromatic carbocycles. The fraction of sp³-hybridized carbons (Fsp3) is 0.562. The van der Waals surface area contributed by atoms with Crippen LogP contribution in [0.15, 0.2) is 30.3 Å². The minimum Gasteiger partial charge on any atom is -0.463 e. The smallest absolute Gasteiger partial charge is 0.306 e. The number of carbonyl (C=O) groups excluding carboxylic acids is 1. The molecule has 0 aromatic heterocycles. The summed E-state index contributed by atoms with van der Waals surface area (Å²) in [4.78, 5) is 11.5. The molecule has 100 valence electrons. The number of esters is 1. The van der Waals surface area contributed by atoms with E-state index in [1.165, 1.54) is 5.56 Å². The Kier molecular flexibility index (Phi) is 7.16. The van der Waals surface area contributed by atoms with E-state index in [0.717, 1.165) is 32.1 Å². The van der Waals surface area contributed by atoms with Crippen LogP contribution in [0.1, 0.15) is 51.5 Å². The average Bonchev–Trinajstić information content (AvgIpc) is 2.38. The van der Waals surface area contributed by atoms with Crippen LogP contribution in [-0.2, 0) is 16.0 Å². The van der Waals surface area contributed by atoms with Gasteiger partial charge in [0.15, 0.2) is 0 Å². The van der Waals surface area contributed by atoms with Gasteiger partial charge >= 0.3 is 5.97 Å². The molecule has 0 aliphatic rings. The third kappa shape index (κ3) is 6.43. The SMILES string of the molecule is CCCCCC(=O)O[C@H](C)CCc1ccccc1. The second-order valence-electron chi connectivity index (χ2n) is 4.78. The molecule has 1 rings (SSSR count). The van der Waals surface area contributed by atoms with E-state index in [1.807, 2.05) is 25.1 Å². The van der Waals surface area contributed by atoms with E-state index in [9.17, 15) is 4.79 Å². The molecule has 0 radical (unpaired) electrons. The summed E-state index contributed by atoms with van der Waals surface area (Å²) in [6.45, 7) is 4.11. The third-order valence-corrected chi connectivity index (χ3v) is 3.00. The summed E-state index contributed by atoms with van der Waals surface area (Å²) in [5.74, 6) is -0.0518. The summed E-state index contributed by atoms with van der Waals surface area (Å²) in [7, 11) is 0. The number of unbranched alkanes of at least 4 members (excludes halogenated alkanes) is 2. The van der Waals surface area contributed by atoms with Crippen molar-refractivity contribution in [1.29, 1.82) is 0 Å². The first-order valence-electron chi connectivity index (χ1n) is 6.95. The maximum absolute atomic E-state index is 11.5. The number of carbonyl (C=O) groups is 1. The Labute approximate surface area is 110 Å². The minimum atomic E-state index is -0.0518. The minimum absolute atomic E-state index is 0.0133. The third-order valence-electron chi connectivity index (χ3n) is 3.00. The maximum Gasteiger partial charge on any atom is 0.306 e. The van der Waals surface area contributed by atoms with E-state index < -0.39 is 0 Å². The Morgan fingerprint density at radius 3 is 2.61 bits per heavy atom. The monoisotopic (exact) mass is 248 g/mol. The van der Waals surface area contributed by atoms with Crippen molar-refractivity contribution in [2.45, 2.75) is 58.5 Å². The Balaban J connectivity index is 2.17. The summed E-state index contributed by atoms with van der Waals surface area (Å²) >= 11 is 0. The summed E-state index contributed by atoms with van der Waals surface area (Å²) in [6.07, 6.45) is 5.61. The Morgan fingerprint density at radius 1 is 1.22 bits per heavy atom. The van der Waals surface area contributed by atoms with Gasteiger partial charge in [0, 0.05) is 6.42 Å². The van der Waals surface area contributed by atoms with Crippen LogP contribution in [0.2, 0.25) is 0 Å². The van der Waals surface area contributed by atoms with Crippen molar-refractivity contribution in [3.05, 3.63) is 35.9 Å². The molecule has 18 heavy (non-hydrogen) atoms. The zero-order valence-corrected chi connectivity index (χ0v) is 11.5. The van der Waals surface area contributed by atoms with E-state index in [1.54, 1.807) is 0 Å². The number of hydrogen-bond donors (Lipinski definition) is 0. The van der Waals surface area contributed by atoms with Gasteiger partial charge in [0.25, 0.3) is 0 Å². The van der Waals surface area contributed by atoms with Crippen molar-refractivity contribution in [3.8, 4) is 0 Å². The number of hydrogen-bond acceptors (Lipinski definition) is 2. The standard InChI is InChI=1S/C16H24O2/c1-3-4-6-11-16(17)18-14(2)12-13-15-9-7-5-8-10-15/h5,7-10,14H,3-4,6,11-13H2,1-2H3/t14-/m1/s1. The Morgan fingerprint density at radius 2 is 1.94 bits per heavy atom. The molecule has 0 unspecified atom stereocenters. The van der Waals surface area contributed by atoms with Gasteiger partial charge in [-0.15, -0.1) is 0 Å². The first kappa shape index (κ1) is 14.7. The van der Waals surface area contributed by atoms with Gasteiger partial charge in [-0.2, -0.15) is 0 Å². The van der Waals surface area contributed by atoms with E-state index in [2.05, 4.69) is 19.1 Å². The number of aryl methyl sites for hydroxylation is 1. The van der Waals surface area contributed by atoms with Crippen LogP contribution < -0.4 is 0 Å². The Hall–Kier alpha value is -1.31. The van der Waals surface area contributed by atoms with Crippen LogP contribution in [0.5, 0.6) is 0 Å². The van der Waals surface area contributed by atoms with Gasteiger partial charge in [-0.25, -0.2) is 0 Å². The van der Waals surface area contributed by atoms with Crippen molar-refractivity contribution in [3.63, 3.8) is 0 Å². The highest BCUT2D eigenvalue weighted by Crippen LogP contribution is 2.09. The van der Waals surface area contributed by atoms with E-state index in [-0.39, 0.29) is 12.1 Å². The van der Waals surface area contributed by atoms with E-state index in [4.69, 9.17) is 4.74 Å². The lowest BCUT2D eigenvalue weighted by Gasteiger charge is -2.13. The molecule has 2 heteroatoms. The van der Waals surface area contributed by atoms with Crippen LogP contribution in [0.3, 0.4) is 0 Å². The van der Waals surface area contributed by atoms with Crippen molar-refractivity contribution in [1.82, 2.24) is 0 Å². The molecule has 0 fully saturated rings. The lowest BCUT2D eigenvalue weighted by molar-refractivity contribution is -0.148. The maximum atomic E-state index is 11.5. The van der Waals surface area contributed by atoms with Crippen molar-refractivity contribution >= 4 is 5.97 Å². The fourth-order valence-corrected chi connectivity index (χ4v) is 1.88. The lowest BCUT2D eigenvalue weighted by Crippen LogP contribution is -2.15. The molecule has 1 atom stereocenters. The lowest BCUT2D eigenvalue weighted by atomic mass is 10.1. The first-order valence-corrected chi connectivity index (χ1v) is 6.95. The molecule has 1 aromatic rings. The van der Waals surface area contributed by atoms with Crippen LogP contribution in [-0.4, -0.2) is 12.1 Å². The summed E-state index contributed by atoms with van der Waals surface area (Å²) in [5.41, 5.74) is 1.30. The average molecular weight is 248 g/mol. The van der Waals surface area contributed by atoms with Gasteiger partial charge in [-0.3, -0.25) is 4.79 Å². The predicted octanol–water partition coefficient (Wildman–Crippen LogP) is 4.13. The molecular formula is C16H24O2. The van der Waals surface area contributed by atoms with Gasteiger partial charge in [0.05, 0.1) is 6.10 Å². The molecule has 0 aliphatic carbocycles. The molecule has 0 N–H and O–H groups in total. The molecule has 2 nitrogen and oxygen atoms in total. The molecule has 0 heterocycles. The zero-order valence-electron chi connectivity index (χ0n) is 11.5. The van der Waals surface area contributed by atoms with Crippen LogP contribution in [0.4, 0.5) is 0 Å². The van der Waals surface area contributed by atoms with Gasteiger partial charge in [-0.05, 0) is 31.7 Å². The highest BCUT2D eigenvalue weighted by atomic mass is 16.5. The Bertz CT molecular complexity index is 332. The van der Waals surface area contributed by atoms with Crippen molar-refractivity contribution < 1.29 is 9.53 Å². The highest BCUT2D eigenvalue weighted by molar-refractivity contribution is 5.69. The van der Waals surface area contributed by atoms with Gasteiger partial charge < -0.3 is 4.74 Å². The van der Waals surface area contributed by atoms with Crippen LogP contribution in [0.25, 0.3) is 0 Å². The van der Waals surface area contributed by atoms with Crippen molar-refractivity contribution in [2.24, 2.45) is 0 Å². The molecule has 0 spiro atoms. The second-order valence-corrected chi connectivity index (χ2v) is 4.78. The highest BCUT2D eigenvalue weighted by Gasteiger charge is 2.09. The zero-order chi connectivity index (χ0) is 13.2. The topological polar surface area (TPSA) is 26.3 Å². The van der Waals surface area contributed by atoms with Crippen LogP contribution >= 0.6 is 0 Å². The van der Waals surface area contributed by atoms with Gasteiger partial charge in [-0.1, -0.05) is 50.1 Å². The fourth-order valence-electron chi connectivity index (χ4n) is 1.88. The van der Waals surface area contributed by atoms with Crippen LogP contribution in [0, 0.1) is 0 Å². The molecule has 0 saturated heterocycles. The molecular weight excluding hydrogens is 224 g/mol. The molecule has 0 aliphatic heterocycles. The molecule has 0 saturated carbocycles. The summed E-state index contributed by atoms with van der Waals surface area (Å²) in [5, 5.41) is 0. The predicted molar refractivity (Wildman–Crippen MR) is 74.5 cm³/mol. The number of ether oxygens (including phenoxy) is 1. The van der Waals surface area contributed by atoms with Gasteiger partial charge in [0.2, 0.25) is 0 Å². The summed E-state index contributed by atoms with van der Waals surface area (Å²) in [6, 6.07) is 10.3.